The van der Waals surface area contributed by atoms with Crippen LogP contribution in [0.2, 0.25) is 0 Å². The zero-order valence-electron chi connectivity index (χ0n) is 19.4. The molecule has 1 aliphatic heterocycles. The Hall–Kier alpha value is -2.43. The maximum atomic E-state index is 13.9. The van der Waals surface area contributed by atoms with Crippen molar-refractivity contribution in [3.8, 4) is 5.75 Å². The molecule has 0 saturated heterocycles. The van der Waals surface area contributed by atoms with Crippen molar-refractivity contribution in [1.29, 1.82) is 0 Å². The van der Waals surface area contributed by atoms with Gasteiger partial charge < -0.3 is 14.4 Å². The normalized spacial score (nSPS) is 22.5. The third-order valence-corrected chi connectivity index (χ3v) is 9.48. The molecular formula is C24H30N2O6S2. The van der Waals surface area contributed by atoms with Gasteiger partial charge in [0.2, 0.25) is 10.0 Å². The number of rotatable bonds is 3. The average molecular weight is 507 g/mol. The zero-order chi connectivity index (χ0) is 24.3. The van der Waals surface area contributed by atoms with E-state index in [0.29, 0.717) is 43.5 Å². The van der Waals surface area contributed by atoms with Crippen LogP contribution in [0.1, 0.15) is 58.6 Å². The largest absolute Gasteiger partial charge is 0.488 e. The number of fused-ring (bicyclic) bond motifs is 2. The summed E-state index contributed by atoms with van der Waals surface area (Å²) in [7, 11) is -0.991. The van der Waals surface area contributed by atoms with Gasteiger partial charge in [0.25, 0.3) is 5.91 Å². The van der Waals surface area contributed by atoms with E-state index in [0.717, 1.165) is 24.2 Å². The first-order valence-electron chi connectivity index (χ1n) is 11.5. The molecule has 10 heteroatoms. The van der Waals surface area contributed by atoms with Crippen LogP contribution in [0.4, 0.5) is 0 Å². The summed E-state index contributed by atoms with van der Waals surface area (Å²) < 4.78 is 40.6. The fourth-order valence-electron chi connectivity index (χ4n) is 4.71. The number of methoxy groups -OCH3 is 1. The maximum absolute atomic E-state index is 13.9. The highest BCUT2D eigenvalue weighted by Gasteiger charge is 2.41. The second kappa shape index (κ2) is 10.5. The summed E-state index contributed by atoms with van der Waals surface area (Å²) in [5.74, 6) is -0.289. The first-order valence-corrected chi connectivity index (χ1v) is 13.9. The highest BCUT2D eigenvalue weighted by molar-refractivity contribution is 7.89. The van der Waals surface area contributed by atoms with E-state index in [-0.39, 0.29) is 22.2 Å². The predicted octanol–water partition coefficient (Wildman–Crippen LogP) is 3.78. The fourth-order valence-corrected chi connectivity index (χ4v) is 7.74. The summed E-state index contributed by atoms with van der Waals surface area (Å²) in [4.78, 5) is 27.0. The zero-order valence-corrected chi connectivity index (χ0v) is 21.1. The van der Waals surface area contributed by atoms with Gasteiger partial charge in [0.1, 0.15) is 21.6 Å². The standard InChI is InChI=1S/C24H30N2O6S2/c1-25-14-7-8-15-26(34(29,30)21-13-16-33-22(21)24(28)31-2)18-10-4-6-12-20(18)32-19-11-5-3-9-17(19)23(25)27/h3,5,9,11,13,16,18,20H,4,6-8,10,12,14-15H2,1-2H3/t18-,20+/m1/s1. The lowest BCUT2D eigenvalue weighted by Gasteiger charge is -2.39. The van der Waals surface area contributed by atoms with Crippen molar-refractivity contribution in [2.75, 3.05) is 27.2 Å². The summed E-state index contributed by atoms with van der Waals surface area (Å²) in [6, 6.07) is 8.22. The molecule has 184 valence electrons. The van der Waals surface area contributed by atoms with Crippen molar-refractivity contribution in [1.82, 2.24) is 9.21 Å². The number of carbonyl (C=O) groups excluding carboxylic acids is 2. The summed E-state index contributed by atoms with van der Waals surface area (Å²) >= 11 is 1.06. The second-order valence-corrected chi connectivity index (χ2v) is 11.4. The molecule has 2 aliphatic rings. The van der Waals surface area contributed by atoms with Gasteiger partial charge in [-0.25, -0.2) is 13.2 Å². The molecule has 1 amide bonds. The van der Waals surface area contributed by atoms with Crippen LogP contribution in [0.5, 0.6) is 5.75 Å². The molecule has 2 heterocycles. The van der Waals surface area contributed by atoms with E-state index in [1.165, 1.54) is 17.5 Å². The summed E-state index contributed by atoms with van der Waals surface area (Å²) in [5, 5.41) is 1.60. The Morgan fingerprint density at radius 1 is 1.09 bits per heavy atom. The monoisotopic (exact) mass is 506 g/mol. The Morgan fingerprint density at radius 2 is 1.82 bits per heavy atom. The van der Waals surface area contributed by atoms with Gasteiger partial charge in [-0.15, -0.1) is 11.3 Å². The topological polar surface area (TPSA) is 93.2 Å². The van der Waals surface area contributed by atoms with E-state index in [1.54, 1.807) is 35.5 Å². The minimum Gasteiger partial charge on any atom is -0.488 e. The van der Waals surface area contributed by atoms with Gasteiger partial charge in [0.05, 0.1) is 18.7 Å². The van der Waals surface area contributed by atoms with E-state index in [9.17, 15) is 18.0 Å². The molecule has 1 saturated carbocycles. The summed E-state index contributed by atoms with van der Waals surface area (Å²) in [5.41, 5.74) is 0.482. The number of thiophene rings is 1. The molecule has 1 aliphatic carbocycles. The Labute approximate surface area is 204 Å². The lowest BCUT2D eigenvalue weighted by Crippen LogP contribution is -2.51. The average Bonchev–Trinajstić information content (AvgIpc) is 3.34. The minimum absolute atomic E-state index is 0.0199. The molecule has 0 N–H and O–H groups in total. The number of amides is 1. The van der Waals surface area contributed by atoms with E-state index >= 15 is 0 Å². The van der Waals surface area contributed by atoms with Crippen LogP contribution in [0.15, 0.2) is 40.6 Å². The number of hydrogen-bond donors (Lipinski definition) is 0. The van der Waals surface area contributed by atoms with E-state index in [2.05, 4.69) is 0 Å². The molecule has 1 aromatic carbocycles. The number of hydrogen-bond acceptors (Lipinski definition) is 7. The van der Waals surface area contributed by atoms with Crippen molar-refractivity contribution in [3.63, 3.8) is 0 Å². The third kappa shape index (κ3) is 4.85. The molecule has 0 radical (unpaired) electrons. The number of ether oxygens (including phenoxy) is 2. The Kier molecular flexibility index (Phi) is 7.59. The summed E-state index contributed by atoms with van der Waals surface area (Å²) in [6.07, 6.45) is 3.97. The molecule has 0 bridgehead atoms. The lowest BCUT2D eigenvalue weighted by molar-refractivity contribution is 0.0601. The molecule has 8 nitrogen and oxygen atoms in total. The Balaban J connectivity index is 1.76. The first kappa shape index (κ1) is 24.7. The van der Waals surface area contributed by atoms with E-state index in [1.807, 2.05) is 6.07 Å². The molecule has 2 aromatic rings. The maximum Gasteiger partial charge on any atom is 0.349 e. The molecular weight excluding hydrogens is 476 g/mol. The van der Waals surface area contributed by atoms with Crippen LogP contribution in [0.3, 0.4) is 0 Å². The molecule has 4 rings (SSSR count). The molecule has 1 aromatic heterocycles. The van der Waals surface area contributed by atoms with Crippen molar-refractivity contribution >= 4 is 33.2 Å². The number of nitrogens with zero attached hydrogens (tertiary/aromatic N) is 2. The quantitative estimate of drug-likeness (QED) is 0.588. The molecule has 0 unspecified atom stereocenters. The second-order valence-electron chi connectivity index (χ2n) is 8.66. The van der Waals surface area contributed by atoms with Gasteiger partial charge >= 0.3 is 5.97 Å². The predicted molar refractivity (Wildman–Crippen MR) is 129 cm³/mol. The van der Waals surface area contributed by atoms with Crippen LogP contribution < -0.4 is 4.74 Å². The lowest BCUT2D eigenvalue weighted by atomic mass is 9.92. The number of benzene rings is 1. The van der Waals surface area contributed by atoms with Crippen LogP contribution in [0, 0.1) is 0 Å². The summed E-state index contributed by atoms with van der Waals surface area (Å²) in [6.45, 7) is 0.786. The van der Waals surface area contributed by atoms with Crippen LogP contribution in [0.25, 0.3) is 0 Å². The molecule has 0 spiro atoms. The van der Waals surface area contributed by atoms with Crippen molar-refractivity contribution in [2.45, 2.75) is 55.6 Å². The third-order valence-electron chi connectivity index (χ3n) is 6.49. The van der Waals surface area contributed by atoms with Crippen molar-refractivity contribution < 1.29 is 27.5 Å². The van der Waals surface area contributed by atoms with Gasteiger partial charge in [0, 0.05) is 20.1 Å². The number of sulfonamides is 1. The highest BCUT2D eigenvalue weighted by atomic mass is 32.2. The number of para-hydroxylation sites is 1. The van der Waals surface area contributed by atoms with Crippen molar-refractivity contribution in [3.05, 3.63) is 46.2 Å². The van der Waals surface area contributed by atoms with Crippen LogP contribution in [-0.4, -0.2) is 68.9 Å². The van der Waals surface area contributed by atoms with Gasteiger partial charge in [-0.05, 0) is 55.7 Å². The van der Waals surface area contributed by atoms with Crippen LogP contribution in [-0.2, 0) is 14.8 Å². The van der Waals surface area contributed by atoms with Gasteiger partial charge in [-0.2, -0.15) is 4.31 Å². The van der Waals surface area contributed by atoms with Crippen molar-refractivity contribution in [2.24, 2.45) is 0 Å². The minimum atomic E-state index is -3.98. The van der Waals surface area contributed by atoms with Gasteiger partial charge in [-0.3, -0.25) is 4.79 Å². The molecule has 34 heavy (non-hydrogen) atoms. The molecule has 1 fully saturated rings. The van der Waals surface area contributed by atoms with Crippen LogP contribution >= 0.6 is 11.3 Å². The SMILES string of the molecule is COC(=O)c1sccc1S(=O)(=O)N1CCCCN(C)C(=O)c2ccccc2O[C@H]2CCCC[C@H]21. The number of esters is 1. The number of carbonyl (C=O) groups is 2. The fraction of sp³-hybridized carbons (Fsp3) is 0.500. The first-order chi connectivity index (χ1) is 16.3. The van der Waals surface area contributed by atoms with Gasteiger partial charge in [0.15, 0.2) is 0 Å². The highest BCUT2D eigenvalue weighted by Crippen LogP contribution is 2.35. The van der Waals surface area contributed by atoms with Gasteiger partial charge in [-0.1, -0.05) is 18.6 Å². The Morgan fingerprint density at radius 3 is 2.62 bits per heavy atom. The smallest absolute Gasteiger partial charge is 0.349 e. The Bertz CT molecular complexity index is 1150. The molecule has 2 atom stereocenters. The van der Waals surface area contributed by atoms with E-state index < -0.39 is 28.1 Å². The van der Waals surface area contributed by atoms with E-state index in [4.69, 9.17) is 9.47 Å².